The number of hydrogen-bond acceptors (Lipinski definition) is 2. The van der Waals surface area contributed by atoms with E-state index in [4.69, 9.17) is 28.9 Å². The highest BCUT2D eigenvalue weighted by molar-refractivity contribution is 6.35. The normalized spacial score (nSPS) is 10.8. The number of rotatable bonds is 3. The van der Waals surface area contributed by atoms with Gasteiger partial charge in [0, 0.05) is 35.2 Å². The highest BCUT2D eigenvalue weighted by Gasteiger charge is 2.11. The van der Waals surface area contributed by atoms with E-state index in [1.54, 1.807) is 18.3 Å². The predicted molar refractivity (Wildman–Crippen MR) is 87.6 cm³/mol. The Morgan fingerprint density at radius 2 is 1.81 bits per heavy atom. The van der Waals surface area contributed by atoms with Crippen molar-refractivity contribution in [1.29, 1.82) is 0 Å². The molecular weight excluding hydrogens is 305 g/mol. The monoisotopic (exact) mass is 317 g/mol. The van der Waals surface area contributed by atoms with Gasteiger partial charge in [-0.2, -0.15) is 0 Å². The lowest BCUT2D eigenvalue weighted by Gasteiger charge is -2.10. The second-order valence-electron chi connectivity index (χ2n) is 4.74. The van der Waals surface area contributed by atoms with Gasteiger partial charge in [-0.3, -0.25) is 0 Å². The molecule has 0 saturated carbocycles. The van der Waals surface area contributed by atoms with Crippen LogP contribution in [-0.2, 0) is 6.54 Å². The summed E-state index contributed by atoms with van der Waals surface area (Å²) in [4.78, 5) is 4.40. The molecule has 0 unspecified atom stereocenters. The molecule has 0 amide bonds. The van der Waals surface area contributed by atoms with E-state index in [1.165, 1.54) is 0 Å². The second kappa shape index (κ2) is 5.80. The van der Waals surface area contributed by atoms with Gasteiger partial charge in [0.25, 0.3) is 0 Å². The Morgan fingerprint density at radius 3 is 2.57 bits per heavy atom. The van der Waals surface area contributed by atoms with E-state index in [-0.39, 0.29) is 0 Å². The van der Waals surface area contributed by atoms with Gasteiger partial charge in [0.2, 0.25) is 0 Å². The molecule has 0 aliphatic rings. The van der Waals surface area contributed by atoms with Crippen molar-refractivity contribution in [3.05, 3.63) is 70.5 Å². The van der Waals surface area contributed by atoms with Crippen LogP contribution in [0.15, 0.2) is 54.9 Å². The van der Waals surface area contributed by atoms with Gasteiger partial charge >= 0.3 is 0 Å². The maximum absolute atomic E-state index is 6.25. The molecule has 2 N–H and O–H groups in total. The zero-order chi connectivity index (χ0) is 14.8. The molecular formula is C16H13Cl2N3. The van der Waals surface area contributed by atoms with E-state index in [0.29, 0.717) is 16.6 Å². The highest BCUT2D eigenvalue weighted by atomic mass is 35.5. The molecule has 3 rings (SSSR count). The summed E-state index contributed by atoms with van der Waals surface area (Å²) in [5.41, 5.74) is 8.42. The fourth-order valence-corrected chi connectivity index (χ4v) is 2.54. The van der Waals surface area contributed by atoms with Gasteiger partial charge in [0.1, 0.15) is 5.82 Å². The lowest BCUT2D eigenvalue weighted by atomic mass is 10.2. The molecule has 5 heteroatoms. The Morgan fingerprint density at radius 1 is 1.05 bits per heavy atom. The minimum atomic E-state index is 0.629. The van der Waals surface area contributed by atoms with Crippen LogP contribution >= 0.6 is 23.2 Å². The summed E-state index contributed by atoms with van der Waals surface area (Å²) in [6.45, 7) is 0.693. The maximum atomic E-state index is 6.25. The molecule has 2 aromatic carbocycles. The lowest BCUT2D eigenvalue weighted by molar-refractivity contribution is 0.807. The summed E-state index contributed by atoms with van der Waals surface area (Å²) < 4.78 is 2.03. The van der Waals surface area contributed by atoms with Gasteiger partial charge in [-0.15, -0.1) is 0 Å². The number of nitrogens with two attached hydrogens (primary N) is 1. The number of benzene rings is 2. The third-order valence-electron chi connectivity index (χ3n) is 3.22. The van der Waals surface area contributed by atoms with Crippen molar-refractivity contribution < 1.29 is 0 Å². The molecule has 0 bridgehead atoms. The summed E-state index contributed by atoms with van der Waals surface area (Å²) in [5.74, 6) is 0.791. The quantitative estimate of drug-likeness (QED) is 0.723. The van der Waals surface area contributed by atoms with Gasteiger partial charge in [0.15, 0.2) is 0 Å². The van der Waals surface area contributed by atoms with Crippen molar-refractivity contribution in [3.8, 4) is 11.4 Å². The van der Waals surface area contributed by atoms with Crippen LogP contribution in [0.4, 0.5) is 5.69 Å². The SMILES string of the molecule is Nc1ccc(Cn2ccnc2-c2cc(Cl)ccc2Cl)cc1. The minimum absolute atomic E-state index is 0.629. The van der Waals surface area contributed by atoms with E-state index in [1.807, 2.05) is 41.1 Å². The molecule has 1 aromatic heterocycles. The lowest BCUT2D eigenvalue weighted by Crippen LogP contribution is -2.01. The first-order chi connectivity index (χ1) is 10.1. The molecule has 0 aliphatic heterocycles. The van der Waals surface area contributed by atoms with Crippen LogP contribution in [-0.4, -0.2) is 9.55 Å². The molecule has 1 heterocycles. The number of nitrogen functional groups attached to an aromatic ring is 1. The summed E-state index contributed by atoms with van der Waals surface area (Å²) in [6.07, 6.45) is 3.67. The van der Waals surface area contributed by atoms with Crippen LogP contribution in [0, 0.1) is 0 Å². The molecule has 0 aliphatic carbocycles. The summed E-state index contributed by atoms with van der Waals surface area (Å²) in [7, 11) is 0. The Balaban J connectivity index is 1.97. The fraction of sp³-hybridized carbons (Fsp3) is 0.0625. The van der Waals surface area contributed by atoms with Gasteiger partial charge in [-0.1, -0.05) is 35.3 Å². The summed E-state index contributed by atoms with van der Waals surface area (Å²) in [5, 5.41) is 1.26. The average molecular weight is 318 g/mol. The topological polar surface area (TPSA) is 43.8 Å². The molecule has 0 spiro atoms. The molecule has 21 heavy (non-hydrogen) atoms. The number of aromatic nitrogens is 2. The van der Waals surface area contributed by atoms with Crippen LogP contribution in [0.3, 0.4) is 0 Å². The van der Waals surface area contributed by atoms with Crippen LogP contribution in [0.1, 0.15) is 5.56 Å². The van der Waals surface area contributed by atoms with E-state index < -0.39 is 0 Å². The van der Waals surface area contributed by atoms with Crippen LogP contribution in [0.25, 0.3) is 11.4 Å². The molecule has 0 radical (unpaired) electrons. The van der Waals surface area contributed by atoms with Crippen molar-refractivity contribution in [1.82, 2.24) is 9.55 Å². The molecule has 0 fully saturated rings. The number of hydrogen-bond donors (Lipinski definition) is 1. The van der Waals surface area contributed by atoms with Crippen molar-refractivity contribution in [2.45, 2.75) is 6.54 Å². The van der Waals surface area contributed by atoms with Crippen LogP contribution in [0.5, 0.6) is 0 Å². The fourth-order valence-electron chi connectivity index (χ4n) is 2.17. The average Bonchev–Trinajstić information content (AvgIpc) is 2.92. The van der Waals surface area contributed by atoms with E-state index in [9.17, 15) is 0 Å². The number of imidazole rings is 1. The maximum Gasteiger partial charge on any atom is 0.141 e. The molecule has 3 nitrogen and oxygen atoms in total. The van der Waals surface area contributed by atoms with E-state index in [2.05, 4.69) is 4.98 Å². The van der Waals surface area contributed by atoms with E-state index in [0.717, 1.165) is 22.6 Å². The van der Waals surface area contributed by atoms with Gasteiger partial charge in [-0.25, -0.2) is 4.98 Å². The Hall–Kier alpha value is -1.97. The smallest absolute Gasteiger partial charge is 0.141 e. The molecule has 3 aromatic rings. The predicted octanol–water partition coefficient (Wildman–Crippen LogP) is 4.49. The first-order valence-electron chi connectivity index (χ1n) is 6.44. The summed E-state index contributed by atoms with van der Waals surface area (Å²) >= 11 is 12.3. The standard InChI is InChI=1S/C16H13Cl2N3/c17-12-3-6-15(18)14(9-12)16-20-7-8-21(16)10-11-1-4-13(19)5-2-11/h1-9H,10,19H2. The van der Waals surface area contributed by atoms with Gasteiger partial charge in [-0.05, 0) is 35.9 Å². The Kier molecular flexibility index (Phi) is 3.86. The largest absolute Gasteiger partial charge is 0.399 e. The molecule has 0 atom stereocenters. The van der Waals surface area contributed by atoms with Crippen LogP contribution < -0.4 is 5.73 Å². The third kappa shape index (κ3) is 3.04. The highest BCUT2D eigenvalue weighted by Crippen LogP contribution is 2.29. The summed E-state index contributed by atoms with van der Waals surface area (Å²) in [6, 6.07) is 13.1. The second-order valence-corrected chi connectivity index (χ2v) is 5.59. The Bertz CT molecular complexity index is 763. The zero-order valence-corrected chi connectivity index (χ0v) is 12.6. The third-order valence-corrected chi connectivity index (χ3v) is 3.78. The number of anilines is 1. The first kappa shape index (κ1) is 14.0. The van der Waals surface area contributed by atoms with Gasteiger partial charge < -0.3 is 10.3 Å². The van der Waals surface area contributed by atoms with Crippen molar-refractivity contribution >= 4 is 28.9 Å². The van der Waals surface area contributed by atoms with Crippen molar-refractivity contribution in [3.63, 3.8) is 0 Å². The van der Waals surface area contributed by atoms with E-state index >= 15 is 0 Å². The van der Waals surface area contributed by atoms with Gasteiger partial charge in [0.05, 0.1) is 5.02 Å². The minimum Gasteiger partial charge on any atom is -0.399 e. The van der Waals surface area contributed by atoms with Crippen molar-refractivity contribution in [2.75, 3.05) is 5.73 Å². The number of nitrogens with zero attached hydrogens (tertiary/aromatic N) is 2. The number of halogens is 2. The first-order valence-corrected chi connectivity index (χ1v) is 7.20. The molecule has 0 saturated heterocycles. The molecule has 106 valence electrons. The van der Waals surface area contributed by atoms with Crippen molar-refractivity contribution in [2.24, 2.45) is 0 Å². The zero-order valence-electron chi connectivity index (χ0n) is 11.1. The Labute approximate surface area is 132 Å². The van der Waals surface area contributed by atoms with Crippen LogP contribution in [0.2, 0.25) is 10.0 Å².